The minimum absolute atomic E-state index is 0.202. The predicted molar refractivity (Wildman–Crippen MR) is 80.7 cm³/mol. The first-order chi connectivity index (χ1) is 9.22. The van der Waals surface area contributed by atoms with Crippen molar-refractivity contribution in [1.29, 1.82) is 0 Å². The molecule has 2 rings (SSSR count). The molecule has 1 aromatic carbocycles. The van der Waals surface area contributed by atoms with E-state index in [9.17, 15) is 4.39 Å². The van der Waals surface area contributed by atoms with E-state index in [1.165, 1.54) is 5.56 Å². The molecule has 0 unspecified atom stereocenters. The minimum atomic E-state index is -0.202. The number of hydrogen-bond donors (Lipinski definition) is 1. The van der Waals surface area contributed by atoms with Crippen LogP contribution in [0.2, 0.25) is 0 Å². The molecule has 0 bridgehead atoms. The van der Waals surface area contributed by atoms with Crippen LogP contribution in [0.1, 0.15) is 24.4 Å². The van der Waals surface area contributed by atoms with Gasteiger partial charge in [-0.2, -0.15) is 0 Å². The van der Waals surface area contributed by atoms with Gasteiger partial charge in [0, 0.05) is 32.2 Å². The highest BCUT2D eigenvalue weighted by Crippen LogP contribution is 2.29. The van der Waals surface area contributed by atoms with Gasteiger partial charge in [0.1, 0.15) is 5.82 Å². The summed E-state index contributed by atoms with van der Waals surface area (Å²) in [5, 5.41) is 3.37. The second-order valence-corrected chi connectivity index (χ2v) is 5.70. The molecule has 1 heterocycles. The summed E-state index contributed by atoms with van der Waals surface area (Å²) in [5.41, 5.74) is 1.18. The van der Waals surface area contributed by atoms with Crippen LogP contribution in [-0.2, 0) is 0 Å². The summed E-state index contributed by atoms with van der Waals surface area (Å²) in [6.07, 6.45) is 3.96. The van der Waals surface area contributed by atoms with E-state index in [2.05, 4.69) is 32.7 Å². The van der Waals surface area contributed by atoms with E-state index in [0.29, 0.717) is 10.5 Å². The first-order valence-corrected chi connectivity index (χ1v) is 7.52. The molecule has 1 fully saturated rings. The van der Waals surface area contributed by atoms with Gasteiger partial charge in [-0.3, -0.25) is 4.90 Å². The third-order valence-corrected chi connectivity index (χ3v) is 4.17. The monoisotopic (exact) mass is 326 g/mol. The Morgan fingerprint density at radius 1 is 1.42 bits per heavy atom. The SMILES string of the molecule is C=CCC[C@H](c1ccc(F)c(Br)c1)N1CCNCC1. The van der Waals surface area contributed by atoms with Crippen molar-refractivity contribution in [3.8, 4) is 0 Å². The topological polar surface area (TPSA) is 15.3 Å². The fraction of sp³-hybridized carbons (Fsp3) is 0.467. The number of benzene rings is 1. The quantitative estimate of drug-likeness (QED) is 0.833. The lowest BCUT2D eigenvalue weighted by Gasteiger charge is -2.35. The molecule has 2 nitrogen and oxygen atoms in total. The van der Waals surface area contributed by atoms with Crippen molar-refractivity contribution in [2.24, 2.45) is 0 Å². The predicted octanol–water partition coefficient (Wildman–Crippen LogP) is 3.50. The number of nitrogens with zero attached hydrogens (tertiary/aromatic N) is 1. The Hall–Kier alpha value is -0.710. The largest absolute Gasteiger partial charge is 0.314 e. The molecule has 0 aromatic heterocycles. The van der Waals surface area contributed by atoms with Crippen molar-refractivity contribution in [1.82, 2.24) is 10.2 Å². The van der Waals surface area contributed by atoms with E-state index < -0.39 is 0 Å². The third kappa shape index (κ3) is 3.88. The van der Waals surface area contributed by atoms with Crippen molar-refractivity contribution in [3.63, 3.8) is 0 Å². The summed E-state index contributed by atoms with van der Waals surface area (Å²) in [5.74, 6) is -0.202. The van der Waals surface area contributed by atoms with Crippen molar-refractivity contribution < 1.29 is 4.39 Å². The van der Waals surface area contributed by atoms with Crippen molar-refractivity contribution in [2.45, 2.75) is 18.9 Å². The highest BCUT2D eigenvalue weighted by molar-refractivity contribution is 9.10. The van der Waals surface area contributed by atoms with Gasteiger partial charge >= 0.3 is 0 Å². The Morgan fingerprint density at radius 2 is 2.16 bits per heavy atom. The van der Waals surface area contributed by atoms with E-state index in [4.69, 9.17) is 0 Å². The molecule has 0 aliphatic carbocycles. The highest BCUT2D eigenvalue weighted by Gasteiger charge is 2.22. The molecule has 1 aliphatic heterocycles. The fourth-order valence-electron chi connectivity index (χ4n) is 2.55. The van der Waals surface area contributed by atoms with E-state index in [1.807, 2.05) is 18.2 Å². The van der Waals surface area contributed by atoms with Crippen LogP contribution in [0.15, 0.2) is 35.3 Å². The summed E-state index contributed by atoms with van der Waals surface area (Å²) in [6.45, 7) is 7.92. The van der Waals surface area contributed by atoms with Gasteiger partial charge < -0.3 is 5.32 Å². The number of piperazine rings is 1. The molecular formula is C15H20BrFN2. The molecule has 19 heavy (non-hydrogen) atoms. The van der Waals surface area contributed by atoms with Gasteiger partial charge in [0.05, 0.1) is 4.47 Å². The molecule has 1 aromatic rings. The van der Waals surface area contributed by atoms with Crippen LogP contribution in [-0.4, -0.2) is 31.1 Å². The maximum absolute atomic E-state index is 13.4. The molecule has 0 spiro atoms. The Morgan fingerprint density at radius 3 is 2.79 bits per heavy atom. The van der Waals surface area contributed by atoms with Crippen LogP contribution in [0, 0.1) is 5.82 Å². The maximum atomic E-state index is 13.4. The molecular weight excluding hydrogens is 307 g/mol. The van der Waals surface area contributed by atoms with Gasteiger partial charge in [0.15, 0.2) is 0 Å². The molecule has 104 valence electrons. The van der Waals surface area contributed by atoms with Crippen LogP contribution in [0.5, 0.6) is 0 Å². The van der Waals surface area contributed by atoms with Crippen LogP contribution in [0.4, 0.5) is 4.39 Å². The Kier molecular flexibility index (Phi) is 5.55. The number of allylic oxidation sites excluding steroid dienone is 1. The second-order valence-electron chi connectivity index (χ2n) is 4.84. The average Bonchev–Trinajstić information content (AvgIpc) is 2.44. The van der Waals surface area contributed by atoms with Gasteiger partial charge in [-0.25, -0.2) is 4.39 Å². The van der Waals surface area contributed by atoms with Crippen LogP contribution >= 0.6 is 15.9 Å². The third-order valence-electron chi connectivity index (χ3n) is 3.57. The maximum Gasteiger partial charge on any atom is 0.137 e. The lowest BCUT2D eigenvalue weighted by Crippen LogP contribution is -2.45. The van der Waals surface area contributed by atoms with Gasteiger partial charge in [0.2, 0.25) is 0 Å². The molecule has 0 radical (unpaired) electrons. The van der Waals surface area contributed by atoms with Crippen LogP contribution in [0.25, 0.3) is 0 Å². The summed E-state index contributed by atoms with van der Waals surface area (Å²) >= 11 is 3.28. The minimum Gasteiger partial charge on any atom is -0.314 e. The fourth-order valence-corrected chi connectivity index (χ4v) is 2.95. The standard InChI is InChI=1S/C15H20BrFN2/c1-2-3-4-15(19-9-7-18-8-10-19)12-5-6-14(17)13(16)11-12/h2,5-6,11,15,18H,1,3-4,7-10H2/t15-/m1/s1. The van der Waals surface area contributed by atoms with E-state index >= 15 is 0 Å². The normalized spacial score (nSPS) is 18.2. The van der Waals surface area contributed by atoms with Crippen LogP contribution < -0.4 is 5.32 Å². The van der Waals surface area contributed by atoms with Crippen molar-refractivity contribution in [2.75, 3.05) is 26.2 Å². The number of hydrogen-bond acceptors (Lipinski definition) is 2. The molecule has 1 atom stereocenters. The second kappa shape index (κ2) is 7.17. The number of nitrogens with one attached hydrogen (secondary N) is 1. The molecule has 1 aliphatic rings. The Bertz CT molecular complexity index is 430. The number of rotatable bonds is 5. The highest BCUT2D eigenvalue weighted by atomic mass is 79.9. The smallest absolute Gasteiger partial charge is 0.137 e. The molecule has 4 heteroatoms. The lowest BCUT2D eigenvalue weighted by molar-refractivity contribution is 0.166. The van der Waals surface area contributed by atoms with Gasteiger partial charge in [0.25, 0.3) is 0 Å². The van der Waals surface area contributed by atoms with Gasteiger partial charge in [-0.1, -0.05) is 12.1 Å². The van der Waals surface area contributed by atoms with E-state index in [1.54, 1.807) is 6.07 Å². The molecule has 1 saturated heterocycles. The molecule has 0 saturated carbocycles. The van der Waals surface area contributed by atoms with E-state index in [0.717, 1.165) is 39.0 Å². The first-order valence-electron chi connectivity index (χ1n) is 6.73. The lowest BCUT2D eigenvalue weighted by atomic mass is 9.99. The zero-order valence-electron chi connectivity index (χ0n) is 11.0. The summed E-state index contributed by atoms with van der Waals surface area (Å²) in [4.78, 5) is 2.47. The summed E-state index contributed by atoms with van der Waals surface area (Å²) < 4.78 is 13.9. The van der Waals surface area contributed by atoms with Crippen LogP contribution in [0.3, 0.4) is 0 Å². The summed E-state index contributed by atoms with van der Waals surface area (Å²) in [7, 11) is 0. The number of halogens is 2. The van der Waals surface area contributed by atoms with Crippen molar-refractivity contribution >= 4 is 15.9 Å². The zero-order valence-corrected chi connectivity index (χ0v) is 12.6. The van der Waals surface area contributed by atoms with Gasteiger partial charge in [-0.15, -0.1) is 6.58 Å². The first kappa shape index (κ1) is 14.7. The molecule has 1 N–H and O–H groups in total. The van der Waals surface area contributed by atoms with Gasteiger partial charge in [-0.05, 0) is 46.5 Å². The Labute approximate surface area is 122 Å². The zero-order chi connectivity index (χ0) is 13.7. The molecule has 0 amide bonds. The Balaban J connectivity index is 2.19. The average molecular weight is 327 g/mol. The van der Waals surface area contributed by atoms with Crippen molar-refractivity contribution in [3.05, 3.63) is 46.7 Å². The summed E-state index contributed by atoms with van der Waals surface area (Å²) in [6, 6.07) is 5.70. The van der Waals surface area contributed by atoms with E-state index in [-0.39, 0.29) is 5.82 Å².